The maximum atomic E-state index is 13.0. The summed E-state index contributed by atoms with van der Waals surface area (Å²) in [7, 11) is 0. The lowest BCUT2D eigenvalue weighted by Gasteiger charge is -2.37. The fourth-order valence-electron chi connectivity index (χ4n) is 3.15. The summed E-state index contributed by atoms with van der Waals surface area (Å²) < 4.78 is 31.7. The second-order valence-corrected chi connectivity index (χ2v) is 6.55. The van der Waals surface area contributed by atoms with Crippen LogP contribution in [-0.2, 0) is 0 Å². The molecule has 4 nitrogen and oxygen atoms in total. The highest BCUT2D eigenvalue weighted by atomic mass is 19.3. The van der Waals surface area contributed by atoms with E-state index in [9.17, 15) is 18.7 Å². The number of nitrogens with zero attached hydrogens (tertiary/aromatic N) is 1. The molecule has 1 amide bonds. The van der Waals surface area contributed by atoms with Gasteiger partial charge in [-0.2, -0.15) is 0 Å². The number of likely N-dealkylation sites (tertiary alicyclic amines) is 1. The molecule has 0 spiro atoms. The molecular formula is C19H21F2NO3. The van der Waals surface area contributed by atoms with Crippen molar-refractivity contribution in [3.63, 3.8) is 0 Å². The van der Waals surface area contributed by atoms with Crippen molar-refractivity contribution in [3.05, 3.63) is 47.2 Å². The fraction of sp³-hybridized carbons (Fsp3) is 0.421. The highest BCUT2D eigenvalue weighted by molar-refractivity contribution is 6.01. The predicted molar refractivity (Wildman–Crippen MR) is 89.7 cm³/mol. The summed E-state index contributed by atoms with van der Waals surface area (Å²) >= 11 is 0. The number of aliphatic hydroxyl groups is 1. The van der Waals surface area contributed by atoms with E-state index in [1.54, 1.807) is 6.92 Å². The van der Waals surface area contributed by atoms with Crippen molar-refractivity contribution < 1.29 is 23.1 Å². The first-order valence-corrected chi connectivity index (χ1v) is 8.28. The Labute approximate surface area is 145 Å². The average Bonchev–Trinajstić information content (AvgIpc) is 2.91. The largest absolute Gasteiger partial charge is 0.460 e. The van der Waals surface area contributed by atoms with Crippen LogP contribution in [0, 0.1) is 13.8 Å². The lowest BCUT2D eigenvalue weighted by atomic mass is 9.91. The summed E-state index contributed by atoms with van der Waals surface area (Å²) in [5, 5.41) is 9.90. The number of carbonyl (C=O) groups is 1. The van der Waals surface area contributed by atoms with Crippen LogP contribution in [0.4, 0.5) is 8.78 Å². The Kier molecular flexibility index (Phi) is 4.64. The number of benzene rings is 1. The third kappa shape index (κ3) is 3.18. The Bertz CT molecular complexity index is 762. The second kappa shape index (κ2) is 6.59. The molecule has 1 aromatic heterocycles. The minimum absolute atomic E-state index is 0.0948. The number of amides is 1. The number of hydrogen-bond acceptors (Lipinski definition) is 3. The SMILES string of the molecule is Cc1oc(-c2ccccc2)c(C(=O)N2CCC(O)(C(F)F)CC2)c1C. The Hall–Kier alpha value is -2.21. The predicted octanol–water partition coefficient (Wildman–Crippen LogP) is 3.80. The van der Waals surface area contributed by atoms with E-state index < -0.39 is 12.0 Å². The number of halogens is 2. The van der Waals surface area contributed by atoms with E-state index in [0.717, 1.165) is 11.1 Å². The summed E-state index contributed by atoms with van der Waals surface area (Å²) in [5.74, 6) is 0.906. The van der Waals surface area contributed by atoms with Gasteiger partial charge in [0.15, 0.2) is 0 Å². The third-order valence-corrected chi connectivity index (χ3v) is 4.96. The van der Waals surface area contributed by atoms with Crippen molar-refractivity contribution in [2.24, 2.45) is 0 Å². The zero-order chi connectivity index (χ0) is 18.2. The third-order valence-electron chi connectivity index (χ3n) is 4.96. The van der Waals surface area contributed by atoms with Gasteiger partial charge >= 0.3 is 0 Å². The zero-order valence-electron chi connectivity index (χ0n) is 14.3. The van der Waals surface area contributed by atoms with Gasteiger partial charge in [-0.05, 0) is 26.7 Å². The van der Waals surface area contributed by atoms with Crippen LogP contribution in [0.5, 0.6) is 0 Å². The van der Waals surface area contributed by atoms with Gasteiger partial charge in [0.1, 0.15) is 17.1 Å². The molecule has 1 aliphatic rings. The van der Waals surface area contributed by atoms with Gasteiger partial charge < -0.3 is 14.4 Å². The van der Waals surface area contributed by atoms with Crippen molar-refractivity contribution in [1.82, 2.24) is 4.90 Å². The van der Waals surface area contributed by atoms with E-state index >= 15 is 0 Å². The van der Waals surface area contributed by atoms with Gasteiger partial charge in [-0.25, -0.2) is 8.78 Å². The quantitative estimate of drug-likeness (QED) is 0.917. The first kappa shape index (κ1) is 17.6. The van der Waals surface area contributed by atoms with Crippen molar-refractivity contribution in [2.45, 2.75) is 38.7 Å². The summed E-state index contributed by atoms with van der Waals surface area (Å²) in [4.78, 5) is 14.5. The topological polar surface area (TPSA) is 53.7 Å². The molecule has 0 saturated carbocycles. The number of furan rings is 1. The van der Waals surface area contributed by atoms with Crippen LogP contribution in [0.15, 0.2) is 34.7 Å². The van der Waals surface area contributed by atoms with E-state index in [-0.39, 0.29) is 31.8 Å². The molecule has 3 rings (SSSR count). The number of rotatable bonds is 3. The van der Waals surface area contributed by atoms with Crippen LogP contribution in [0.3, 0.4) is 0 Å². The van der Waals surface area contributed by atoms with Crippen molar-refractivity contribution >= 4 is 5.91 Å². The Balaban J connectivity index is 1.89. The van der Waals surface area contributed by atoms with E-state index in [0.29, 0.717) is 17.1 Å². The molecule has 1 fully saturated rings. The van der Waals surface area contributed by atoms with Gasteiger partial charge in [0, 0.05) is 24.2 Å². The van der Waals surface area contributed by atoms with E-state index in [1.165, 1.54) is 4.90 Å². The Morgan fingerprint density at radius 3 is 2.36 bits per heavy atom. The molecule has 0 bridgehead atoms. The van der Waals surface area contributed by atoms with Gasteiger partial charge in [0.25, 0.3) is 12.3 Å². The molecule has 134 valence electrons. The monoisotopic (exact) mass is 349 g/mol. The van der Waals surface area contributed by atoms with Gasteiger partial charge in [-0.15, -0.1) is 0 Å². The number of hydrogen-bond donors (Lipinski definition) is 1. The van der Waals surface area contributed by atoms with Crippen LogP contribution >= 0.6 is 0 Å². The maximum Gasteiger partial charge on any atom is 0.266 e. The molecule has 1 aromatic carbocycles. The maximum absolute atomic E-state index is 13.0. The highest BCUT2D eigenvalue weighted by Gasteiger charge is 2.42. The van der Waals surface area contributed by atoms with Crippen LogP contribution < -0.4 is 0 Å². The first-order chi connectivity index (χ1) is 11.8. The lowest BCUT2D eigenvalue weighted by Crippen LogP contribution is -2.50. The number of piperidine rings is 1. The lowest BCUT2D eigenvalue weighted by molar-refractivity contribution is -0.122. The summed E-state index contributed by atoms with van der Waals surface area (Å²) in [6.07, 6.45) is -3.07. The minimum Gasteiger partial charge on any atom is -0.460 e. The summed E-state index contributed by atoms with van der Waals surface area (Å²) in [6.45, 7) is 3.80. The van der Waals surface area contributed by atoms with E-state index in [1.807, 2.05) is 37.3 Å². The summed E-state index contributed by atoms with van der Waals surface area (Å²) in [5.41, 5.74) is 0.00769. The molecule has 1 saturated heterocycles. The fourth-order valence-corrected chi connectivity index (χ4v) is 3.15. The molecule has 0 unspecified atom stereocenters. The first-order valence-electron chi connectivity index (χ1n) is 8.28. The molecule has 0 atom stereocenters. The molecular weight excluding hydrogens is 328 g/mol. The van der Waals surface area contributed by atoms with Gasteiger partial charge in [-0.3, -0.25) is 4.79 Å². The second-order valence-electron chi connectivity index (χ2n) is 6.55. The van der Waals surface area contributed by atoms with E-state index in [2.05, 4.69) is 0 Å². The molecule has 2 heterocycles. The van der Waals surface area contributed by atoms with Gasteiger partial charge in [-0.1, -0.05) is 30.3 Å². The molecule has 0 radical (unpaired) electrons. The van der Waals surface area contributed by atoms with E-state index in [4.69, 9.17) is 4.42 Å². The highest BCUT2D eigenvalue weighted by Crippen LogP contribution is 2.34. The molecule has 6 heteroatoms. The minimum atomic E-state index is -2.80. The number of aryl methyl sites for hydroxylation is 1. The van der Waals surface area contributed by atoms with Crippen LogP contribution in [-0.4, -0.2) is 41.0 Å². The normalized spacial score (nSPS) is 17.1. The van der Waals surface area contributed by atoms with Gasteiger partial charge in [0.05, 0.1) is 5.56 Å². The Morgan fingerprint density at radius 1 is 1.20 bits per heavy atom. The molecule has 1 aliphatic heterocycles. The number of carbonyl (C=O) groups excluding carboxylic acids is 1. The Morgan fingerprint density at radius 2 is 1.80 bits per heavy atom. The molecule has 25 heavy (non-hydrogen) atoms. The van der Waals surface area contributed by atoms with Crippen molar-refractivity contribution in [1.29, 1.82) is 0 Å². The van der Waals surface area contributed by atoms with Crippen LogP contribution in [0.1, 0.15) is 34.5 Å². The summed E-state index contributed by atoms with van der Waals surface area (Å²) in [6, 6.07) is 9.32. The zero-order valence-corrected chi connectivity index (χ0v) is 14.3. The number of alkyl halides is 2. The smallest absolute Gasteiger partial charge is 0.266 e. The van der Waals surface area contributed by atoms with Crippen molar-refractivity contribution in [3.8, 4) is 11.3 Å². The van der Waals surface area contributed by atoms with Crippen LogP contribution in [0.25, 0.3) is 11.3 Å². The average molecular weight is 349 g/mol. The molecule has 1 N–H and O–H groups in total. The molecule has 0 aliphatic carbocycles. The molecule has 2 aromatic rings. The van der Waals surface area contributed by atoms with Gasteiger partial charge in [0.2, 0.25) is 0 Å². The standard InChI is InChI=1S/C19H21F2NO3/c1-12-13(2)25-16(14-6-4-3-5-7-14)15(12)17(23)22-10-8-19(24,9-11-22)18(20)21/h3-7,18,24H,8-11H2,1-2H3. The van der Waals surface area contributed by atoms with Crippen molar-refractivity contribution in [2.75, 3.05) is 13.1 Å². The van der Waals surface area contributed by atoms with Crippen LogP contribution in [0.2, 0.25) is 0 Å².